The number of amides is 1. The van der Waals surface area contributed by atoms with Crippen LogP contribution < -0.4 is 16.0 Å². The Bertz CT molecular complexity index is 1180. The molecule has 0 saturated carbocycles. The zero-order valence-corrected chi connectivity index (χ0v) is 17.1. The van der Waals surface area contributed by atoms with Gasteiger partial charge in [0.05, 0.1) is 6.20 Å². The summed E-state index contributed by atoms with van der Waals surface area (Å²) in [5.74, 6) is 1.70. The molecule has 0 spiro atoms. The van der Waals surface area contributed by atoms with Crippen LogP contribution in [-0.2, 0) is 0 Å². The number of carbonyl (C=O) groups is 1. The lowest BCUT2D eigenvalue weighted by atomic mass is 10.2. The minimum Gasteiger partial charge on any atom is -0.340 e. The summed E-state index contributed by atoms with van der Waals surface area (Å²) < 4.78 is 0. The predicted molar refractivity (Wildman–Crippen MR) is 121 cm³/mol. The summed E-state index contributed by atoms with van der Waals surface area (Å²) in [6.07, 6.45) is 4.42. The van der Waals surface area contributed by atoms with Gasteiger partial charge in [0.1, 0.15) is 23.2 Å². The molecular formula is C23H21N7O. The number of aromatic nitrogens is 4. The molecule has 2 heterocycles. The van der Waals surface area contributed by atoms with Gasteiger partial charge in [-0.05, 0) is 50.2 Å². The fourth-order valence-electron chi connectivity index (χ4n) is 2.88. The fraction of sp³-hybridized carbons (Fsp3) is 0.0870. The van der Waals surface area contributed by atoms with Crippen molar-refractivity contribution in [3.63, 3.8) is 0 Å². The summed E-state index contributed by atoms with van der Waals surface area (Å²) in [6, 6.07) is 17.3. The standard InChI is InChI=1S/C23H21N7O/c1-15-3-5-17(6-4-15)28-21-13-22(27-16(2)26-21)29-18-7-9-19(10-8-18)30-23(31)20-14-24-11-12-25-20/h3-14H,1-2H3,(H,30,31)(H2,26,27,28,29). The summed E-state index contributed by atoms with van der Waals surface area (Å²) in [6.45, 7) is 3.89. The van der Waals surface area contributed by atoms with Crippen molar-refractivity contribution in [1.82, 2.24) is 19.9 Å². The quantitative estimate of drug-likeness (QED) is 0.425. The Balaban J connectivity index is 1.43. The van der Waals surface area contributed by atoms with Crippen molar-refractivity contribution in [1.29, 1.82) is 0 Å². The molecule has 8 heteroatoms. The Kier molecular flexibility index (Phi) is 5.79. The van der Waals surface area contributed by atoms with Crippen molar-refractivity contribution in [2.45, 2.75) is 13.8 Å². The molecule has 8 nitrogen and oxygen atoms in total. The number of hydrogen-bond acceptors (Lipinski definition) is 7. The molecule has 2 aromatic heterocycles. The van der Waals surface area contributed by atoms with E-state index < -0.39 is 0 Å². The highest BCUT2D eigenvalue weighted by Gasteiger charge is 2.08. The van der Waals surface area contributed by atoms with Crippen molar-refractivity contribution >= 4 is 34.6 Å². The van der Waals surface area contributed by atoms with E-state index in [4.69, 9.17) is 0 Å². The van der Waals surface area contributed by atoms with Gasteiger partial charge >= 0.3 is 0 Å². The Morgan fingerprint density at radius 2 is 1.35 bits per heavy atom. The number of rotatable bonds is 6. The third-order valence-electron chi connectivity index (χ3n) is 4.37. The summed E-state index contributed by atoms with van der Waals surface area (Å²) in [5.41, 5.74) is 3.90. The highest BCUT2D eigenvalue weighted by molar-refractivity contribution is 6.02. The maximum atomic E-state index is 12.2. The monoisotopic (exact) mass is 411 g/mol. The van der Waals surface area contributed by atoms with Crippen LogP contribution in [0.25, 0.3) is 0 Å². The van der Waals surface area contributed by atoms with E-state index in [1.165, 1.54) is 24.2 Å². The maximum Gasteiger partial charge on any atom is 0.275 e. The van der Waals surface area contributed by atoms with E-state index in [1.54, 1.807) is 12.1 Å². The highest BCUT2D eigenvalue weighted by Crippen LogP contribution is 2.22. The minimum absolute atomic E-state index is 0.259. The Morgan fingerprint density at radius 3 is 1.94 bits per heavy atom. The molecule has 0 aliphatic rings. The lowest BCUT2D eigenvalue weighted by Crippen LogP contribution is -2.13. The van der Waals surface area contributed by atoms with Crippen molar-refractivity contribution < 1.29 is 4.79 Å². The molecule has 2 aromatic carbocycles. The van der Waals surface area contributed by atoms with Crippen molar-refractivity contribution in [3.05, 3.63) is 90.3 Å². The lowest BCUT2D eigenvalue weighted by Gasteiger charge is -2.11. The molecule has 0 radical (unpaired) electrons. The van der Waals surface area contributed by atoms with Crippen LogP contribution in [-0.4, -0.2) is 25.8 Å². The van der Waals surface area contributed by atoms with Gasteiger partial charge in [-0.15, -0.1) is 0 Å². The van der Waals surface area contributed by atoms with Crippen molar-refractivity contribution in [3.8, 4) is 0 Å². The van der Waals surface area contributed by atoms with Crippen LogP contribution in [0.3, 0.4) is 0 Å². The number of hydrogen-bond donors (Lipinski definition) is 3. The second-order valence-corrected chi connectivity index (χ2v) is 6.92. The number of carbonyl (C=O) groups excluding carboxylic acids is 1. The SMILES string of the molecule is Cc1ccc(Nc2cc(Nc3ccc(NC(=O)c4cnccn4)cc3)nc(C)n2)cc1. The Morgan fingerprint density at radius 1 is 0.774 bits per heavy atom. The molecule has 0 fully saturated rings. The number of aryl methyl sites for hydroxylation is 2. The van der Waals surface area contributed by atoms with Gasteiger partial charge in [-0.1, -0.05) is 17.7 Å². The molecule has 0 saturated heterocycles. The van der Waals surface area contributed by atoms with Gasteiger partial charge in [0.15, 0.2) is 0 Å². The first-order valence-corrected chi connectivity index (χ1v) is 9.69. The zero-order chi connectivity index (χ0) is 21.6. The molecule has 1 amide bonds. The molecule has 0 aliphatic heterocycles. The van der Waals surface area contributed by atoms with Crippen LogP contribution in [0, 0.1) is 13.8 Å². The summed E-state index contributed by atoms with van der Waals surface area (Å²) in [4.78, 5) is 29.0. The minimum atomic E-state index is -0.313. The molecule has 31 heavy (non-hydrogen) atoms. The first-order valence-electron chi connectivity index (χ1n) is 9.69. The molecular weight excluding hydrogens is 390 g/mol. The van der Waals surface area contributed by atoms with Crippen LogP contribution in [0.5, 0.6) is 0 Å². The number of nitrogens with zero attached hydrogens (tertiary/aromatic N) is 4. The summed E-state index contributed by atoms with van der Waals surface area (Å²) in [5, 5.41) is 9.35. The Hall–Kier alpha value is -4.33. The molecule has 0 unspecified atom stereocenters. The molecule has 0 atom stereocenters. The van der Waals surface area contributed by atoms with Crippen LogP contribution in [0.2, 0.25) is 0 Å². The van der Waals surface area contributed by atoms with E-state index in [1.807, 2.05) is 56.3 Å². The molecule has 154 valence electrons. The fourth-order valence-corrected chi connectivity index (χ4v) is 2.88. The number of nitrogens with one attached hydrogen (secondary N) is 3. The van der Waals surface area contributed by atoms with Gasteiger partial charge in [0.25, 0.3) is 5.91 Å². The summed E-state index contributed by atoms with van der Waals surface area (Å²) >= 11 is 0. The van der Waals surface area contributed by atoms with Crippen molar-refractivity contribution in [2.24, 2.45) is 0 Å². The van der Waals surface area contributed by atoms with Crippen molar-refractivity contribution in [2.75, 3.05) is 16.0 Å². The predicted octanol–water partition coefficient (Wildman–Crippen LogP) is 4.62. The normalized spacial score (nSPS) is 10.4. The molecule has 4 rings (SSSR count). The van der Waals surface area contributed by atoms with E-state index in [0.717, 1.165) is 11.4 Å². The lowest BCUT2D eigenvalue weighted by molar-refractivity contribution is 0.102. The van der Waals surface area contributed by atoms with Gasteiger partial charge in [-0.25, -0.2) is 15.0 Å². The van der Waals surface area contributed by atoms with Crippen LogP contribution in [0.1, 0.15) is 21.9 Å². The molecule has 0 bridgehead atoms. The third kappa shape index (κ3) is 5.39. The average molecular weight is 411 g/mol. The number of anilines is 5. The van der Waals surface area contributed by atoms with Gasteiger partial charge in [-0.2, -0.15) is 0 Å². The maximum absolute atomic E-state index is 12.2. The highest BCUT2D eigenvalue weighted by atomic mass is 16.1. The van der Waals surface area contributed by atoms with E-state index in [-0.39, 0.29) is 11.6 Å². The number of benzene rings is 2. The molecule has 3 N–H and O–H groups in total. The van der Waals surface area contributed by atoms with Gasteiger partial charge < -0.3 is 16.0 Å². The van der Waals surface area contributed by atoms with E-state index in [2.05, 4.69) is 35.9 Å². The second-order valence-electron chi connectivity index (χ2n) is 6.92. The van der Waals surface area contributed by atoms with E-state index in [9.17, 15) is 4.79 Å². The van der Waals surface area contributed by atoms with Gasteiger partial charge in [0.2, 0.25) is 0 Å². The van der Waals surface area contributed by atoms with Crippen LogP contribution >= 0.6 is 0 Å². The Labute approximate surface area is 179 Å². The average Bonchev–Trinajstić information content (AvgIpc) is 2.77. The summed E-state index contributed by atoms with van der Waals surface area (Å²) in [7, 11) is 0. The van der Waals surface area contributed by atoms with E-state index >= 15 is 0 Å². The second kappa shape index (κ2) is 9.00. The third-order valence-corrected chi connectivity index (χ3v) is 4.37. The smallest absolute Gasteiger partial charge is 0.275 e. The first-order chi connectivity index (χ1) is 15.0. The zero-order valence-electron chi connectivity index (χ0n) is 17.1. The van der Waals surface area contributed by atoms with Gasteiger partial charge in [-0.3, -0.25) is 9.78 Å². The topological polar surface area (TPSA) is 105 Å². The largest absolute Gasteiger partial charge is 0.340 e. The first kappa shape index (κ1) is 20.0. The molecule has 4 aromatic rings. The molecule has 0 aliphatic carbocycles. The van der Waals surface area contributed by atoms with Crippen LogP contribution in [0.15, 0.2) is 73.2 Å². The van der Waals surface area contributed by atoms with Crippen LogP contribution in [0.4, 0.5) is 28.7 Å². The van der Waals surface area contributed by atoms with E-state index in [0.29, 0.717) is 23.1 Å². The van der Waals surface area contributed by atoms with Gasteiger partial charge in [0, 0.05) is 35.5 Å².